The van der Waals surface area contributed by atoms with Crippen LogP contribution in [0.25, 0.3) is 0 Å². The number of likely N-dealkylation sites (N-methyl/N-ethyl adjacent to an activating group) is 1. The molecule has 0 unspecified atom stereocenters. The number of carbonyl (C=O) groups is 1. The Hall–Kier alpha value is -1.33. The molecule has 1 aliphatic rings. The van der Waals surface area contributed by atoms with Crippen LogP contribution >= 0.6 is 0 Å². The van der Waals surface area contributed by atoms with Gasteiger partial charge in [-0.25, -0.2) is 0 Å². The van der Waals surface area contributed by atoms with Gasteiger partial charge in [0.15, 0.2) is 0 Å². The number of H-pyrrole nitrogens is 1. The van der Waals surface area contributed by atoms with E-state index < -0.39 is 0 Å². The van der Waals surface area contributed by atoms with E-state index in [0.29, 0.717) is 12.2 Å². The highest BCUT2D eigenvalue weighted by Crippen LogP contribution is 2.08. The molecule has 88 valence electrons. The summed E-state index contributed by atoms with van der Waals surface area (Å²) in [6.45, 7) is 3.94. The van der Waals surface area contributed by atoms with Gasteiger partial charge < -0.3 is 20.5 Å². The maximum Gasteiger partial charge on any atom is 0.270 e. The summed E-state index contributed by atoms with van der Waals surface area (Å²) in [7, 11) is 2.07. The number of aromatic amines is 1. The van der Waals surface area contributed by atoms with Crippen molar-refractivity contribution in [1.29, 1.82) is 0 Å². The summed E-state index contributed by atoms with van der Waals surface area (Å²) in [5.41, 5.74) is 7.12. The van der Waals surface area contributed by atoms with Crippen molar-refractivity contribution in [3.05, 3.63) is 23.5 Å². The second kappa shape index (κ2) is 4.67. The third-order valence-corrected chi connectivity index (χ3v) is 3.00. The van der Waals surface area contributed by atoms with Crippen molar-refractivity contribution in [2.24, 2.45) is 5.73 Å². The lowest BCUT2D eigenvalue weighted by Crippen LogP contribution is -2.47. The molecule has 0 aromatic carbocycles. The molecule has 0 bridgehead atoms. The fourth-order valence-electron chi connectivity index (χ4n) is 1.86. The van der Waals surface area contributed by atoms with Gasteiger partial charge in [-0.3, -0.25) is 4.79 Å². The minimum Gasteiger partial charge on any atom is -0.357 e. The molecule has 5 nitrogen and oxygen atoms in total. The summed E-state index contributed by atoms with van der Waals surface area (Å²) < 4.78 is 0. The molecule has 5 heteroatoms. The standard InChI is InChI=1S/C11H18N4O/c1-14-2-4-15(5-3-14)11(16)10-6-9(7-12)8-13-10/h6,8,13H,2-5,7,12H2,1H3. The predicted octanol–water partition coefficient (Wildman–Crippen LogP) is -0.139. The number of nitrogens with one attached hydrogen (secondary N) is 1. The van der Waals surface area contributed by atoms with E-state index in [1.165, 1.54) is 0 Å². The number of hydrogen-bond acceptors (Lipinski definition) is 3. The summed E-state index contributed by atoms with van der Waals surface area (Å²) in [6.07, 6.45) is 1.79. The van der Waals surface area contributed by atoms with E-state index in [-0.39, 0.29) is 5.91 Å². The number of nitrogens with zero attached hydrogens (tertiary/aromatic N) is 2. The predicted molar refractivity (Wildman–Crippen MR) is 62.1 cm³/mol. The monoisotopic (exact) mass is 222 g/mol. The van der Waals surface area contributed by atoms with Gasteiger partial charge in [0.1, 0.15) is 5.69 Å². The first-order valence-corrected chi connectivity index (χ1v) is 5.56. The van der Waals surface area contributed by atoms with Crippen molar-refractivity contribution in [3.63, 3.8) is 0 Å². The lowest BCUT2D eigenvalue weighted by Gasteiger charge is -2.32. The number of carbonyl (C=O) groups excluding carboxylic acids is 1. The van der Waals surface area contributed by atoms with Crippen LogP contribution in [0.2, 0.25) is 0 Å². The molecule has 2 rings (SSSR count). The van der Waals surface area contributed by atoms with Crippen LogP contribution in [0.3, 0.4) is 0 Å². The van der Waals surface area contributed by atoms with E-state index in [2.05, 4.69) is 16.9 Å². The molecule has 0 spiro atoms. The van der Waals surface area contributed by atoms with Gasteiger partial charge >= 0.3 is 0 Å². The highest BCUT2D eigenvalue weighted by molar-refractivity contribution is 5.92. The molecular formula is C11H18N4O. The van der Waals surface area contributed by atoms with Crippen LogP contribution in [0.15, 0.2) is 12.3 Å². The maximum absolute atomic E-state index is 12.1. The van der Waals surface area contributed by atoms with Crippen molar-refractivity contribution < 1.29 is 4.79 Å². The topological polar surface area (TPSA) is 65.4 Å². The molecule has 16 heavy (non-hydrogen) atoms. The Labute approximate surface area is 95.2 Å². The summed E-state index contributed by atoms with van der Waals surface area (Å²) in [4.78, 5) is 19.2. The van der Waals surface area contributed by atoms with Gasteiger partial charge in [-0.2, -0.15) is 0 Å². The Balaban J connectivity index is 2.01. The van der Waals surface area contributed by atoms with Gasteiger partial charge in [0.2, 0.25) is 0 Å². The van der Waals surface area contributed by atoms with E-state index in [9.17, 15) is 4.79 Å². The van der Waals surface area contributed by atoms with Gasteiger partial charge in [0, 0.05) is 38.9 Å². The number of hydrogen-bond donors (Lipinski definition) is 2. The first-order valence-electron chi connectivity index (χ1n) is 5.56. The second-order valence-electron chi connectivity index (χ2n) is 4.22. The molecule has 0 atom stereocenters. The van der Waals surface area contributed by atoms with Gasteiger partial charge in [-0.1, -0.05) is 0 Å². The molecule has 1 aliphatic heterocycles. The van der Waals surface area contributed by atoms with E-state index in [1.807, 2.05) is 11.0 Å². The normalized spacial score (nSPS) is 17.8. The van der Waals surface area contributed by atoms with Crippen molar-refractivity contribution in [1.82, 2.24) is 14.8 Å². The van der Waals surface area contributed by atoms with E-state index >= 15 is 0 Å². The molecule has 2 heterocycles. The minimum atomic E-state index is 0.0767. The Morgan fingerprint density at radius 3 is 2.69 bits per heavy atom. The zero-order chi connectivity index (χ0) is 11.5. The zero-order valence-electron chi connectivity index (χ0n) is 9.57. The Bertz CT molecular complexity index is 366. The van der Waals surface area contributed by atoms with Crippen LogP contribution in [0.4, 0.5) is 0 Å². The van der Waals surface area contributed by atoms with Crippen molar-refractivity contribution >= 4 is 5.91 Å². The van der Waals surface area contributed by atoms with Crippen LogP contribution in [0.1, 0.15) is 16.1 Å². The quantitative estimate of drug-likeness (QED) is 0.732. The van der Waals surface area contributed by atoms with E-state index in [4.69, 9.17) is 5.73 Å². The van der Waals surface area contributed by atoms with Gasteiger partial charge in [0.25, 0.3) is 5.91 Å². The van der Waals surface area contributed by atoms with Gasteiger partial charge in [-0.15, -0.1) is 0 Å². The second-order valence-corrected chi connectivity index (χ2v) is 4.22. The van der Waals surface area contributed by atoms with Gasteiger partial charge in [-0.05, 0) is 18.7 Å². The number of piperazine rings is 1. The highest BCUT2D eigenvalue weighted by atomic mass is 16.2. The number of aromatic nitrogens is 1. The lowest BCUT2D eigenvalue weighted by atomic mass is 10.2. The third-order valence-electron chi connectivity index (χ3n) is 3.00. The Kier molecular flexibility index (Phi) is 3.26. The first kappa shape index (κ1) is 11.2. The SMILES string of the molecule is CN1CCN(C(=O)c2cc(CN)c[nH]2)CC1. The maximum atomic E-state index is 12.1. The Morgan fingerprint density at radius 1 is 1.44 bits per heavy atom. The zero-order valence-corrected chi connectivity index (χ0v) is 9.57. The summed E-state index contributed by atoms with van der Waals surface area (Å²) in [6, 6.07) is 1.83. The van der Waals surface area contributed by atoms with Crippen LogP contribution in [-0.2, 0) is 6.54 Å². The summed E-state index contributed by atoms with van der Waals surface area (Å²) >= 11 is 0. The molecule has 1 fully saturated rings. The van der Waals surface area contributed by atoms with Crippen LogP contribution in [0, 0.1) is 0 Å². The fraction of sp³-hybridized carbons (Fsp3) is 0.545. The van der Waals surface area contributed by atoms with E-state index in [1.54, 1.807) is 6.20 Å². The number of amides is 1. The molecule has 0 radical (unpaired) electrons. The van der Waals surface area contributed by atoms with Crippen molar-refractivity contribution in [2.75, 3.05) is 33.2 Å². The number of nitrogens with two attached hydrogens (primary N) is 1. The van der Waals surface area contributed by atoms with E-state index in [0.717, 1.165) is 31.7 Å². The average molecular weight is 222 g/mol. The van der Waals surface area contributed by atoms with Gasteiger partial charge in [0.05, 0.1) is 0 Å². The Morgan fingerprint density at radius 2 is 2.12 bits per heavy atom. The highest BCUT2D eigenvalue weighted by Gasteiger charge is 2.21. The van der Waals surface area contributed by atoms with Crippen LogP contribution in [0.5, 0.6) is 0 Å². The smallest absolute Gasteiger partial charge is 0.270 e. The molecule has 0 aliphatic carbocycles. The molecule has 1 saturated heterocycles. The summed E-state index contributed by atoms with van der Waals surface area (Å²) in [5.74, 6) is 0.0767. The van der Waals surface area contributed by atoms with Crippen molar-refractivity contribution in [2.45, 2.75) is 6.54 Å². The largest absolute Gasteiger partial charge is 0.357 e. The lowest BCUT2D eigenvalue weighted by molar-refractivity contribution is 0.0659. The molecular weight excluding hydrogens is 204 g/mol. The molecule has 1 aromatic heterocycles. The molecule has 0 saturated carbocycles. The summed E-state index contributed by atoms with van der Waals surface area (Å²) in [5, 5.41) is 0. The average Bonchev–Trinajstić information content (AvgIpc) is 2.77. The van der Waals surface area contributed by atoms with Crippen molar-refractivity contribution in [3.8, 4) is 0 Å². The first-order chi connectivity index (χ1) is 7.70. The molecule has 1 amide bonds. The minimum absolute atomic E-state index is 0.0767. The molecule has 1 aromatic rings. The van der Waals surface area contributed by atoms with Crippen LogP contribution < -0.4 is 5.73 Å². The molecule has 3 N–H and O–H groups in total. The number of rotatable bonds is 2. The van der Waals surface area contributed by atoms with Crippen LogP contribution in [-0.4, -0.2) is 53.9 Å². The third kappa shape index (κ3) is 2.25. The fourth-order valence-corrected chi connectivity index (χ4v) is 1.86.